The number of carbonyl (C=O) groups excluding carboxylic acids is 1. The minimum Gasteiger partial charge on any atom is -0.384 e. The molecule has 104 valence electrons. The molecule has 0 bridgehead atoms. The third kappa shape index (κ3) is 2.85. The second-order valence-electron chi connectivity index (χ2n) is 3.80. The van der Waals surface area contributed by atoms with Crippen LogP contribution in [0.1, 0.15) is 22.1 Å². The van der Waals surface area contributed by atoms with Crippen LogP contribution in [0, 0.1) is 17.0 Å². The van der Waals surface area contributed by atoms with E-state index < -0.39 is 16.5 Å². The van der Waals surface area contributed by atoms with Crippen LogP contribution in [0.2, 0.25) is 0 Å². The number of amides is 1. The highest BCUT2D eigenvalue weighted by molar-refractivity contribution is 5.98. The summed E-state index contributed by atoms with van der Waals surface area (Å²) in [7, 11) is 0. The van der Waals surface area contributed by atoms with Crippen LogP contribution in [0.15, 0.2) is 16.8 Å². The highest BCUT2D eigenvalue weighted by Gasteiger charge is 2.21. The SMILES string of the molecule is Cc1nc(CNC(=O)c2cc(N)ncc2[N+](=O)[O-])no1. The fourth-order valence-corrected chi connectivity index (χ4v) is 1.46. The quantitative estimate of drug-likeness (QED) is 0.594. The number of nitrogens with one attached hydrogen (secondary N) is 1. The maximum Gasteiger partial charge on any atom is 0.300 e. The number of nitrogens with zero attached hydrogens (tertiary/aromatic N) is 4. The van der Waals surface area contributed by atoms with E-state index in [9.17, 15) is 14.9 Å². The molecule has 2 rings (SSSR count). The molecule has 0 aliphatic heterocycles. The summed E-state index contributed by atoms with van der Waals surface area (Å²) in [5.41, 5.74) is 4.81. The van der Waals surface area contributed by atoms with Gasteiger partial charge in [-0.2, -0.15) is 4.98 Å². The molecule has 0 unspecified atom stereocenters. The number of pyridine rings is 1. The lowest BCUT2D eigenvalue weighted by atomic mass is 10.2. The predicted octanol–water partition coefficient (Wildman–Crippen LogP) is 0.193. The van der Waals surface area contributed by atoms with Crippen LogP contribution in [0.25, 0.3) is 0 Å². The number of anilines is 1. The Morgan fingerprint density at radius 3 is 2.95 bits per heavy atom. The number of hydrogen-bond donors (Lipinski definition) is 2. The lowest BCUT2D eigenvalue weighted by molar-refractivity contribution is -0.385. The van der Waals surface area contributed by atoms with Crippen molar-refractivity contribution in [1.29, 1.82) is 0 Å². The second-order valence-corrected chi connectivity index (χ2v) is 3.80. The predicted molar refractivity (Wildman–Crippen MR) is 65.5 cm³/mol. The van der Waals surface area contributed by atoms with Crippen LogP contribution in [-0.2, 0) is 6.54 Å². The van der Waals surface area contributed by atoms with Crippen LogP contribution in [0.5, 0.6) is 0 Å². The van der Waals surface area contributed by atoms with Gasteiger partial charge < -0.3 is 15.6 Å². The Morgan fingerprint density at radius 1 is 1.60 bits per heavy atom. The van der Waals surface area contributed by atoms with E-state index in [0.29, 0.717) is 5.89 Å². The van der Waals surface area contributed by atoms with Crippen molar-refractivity contribution in [2.45, 2.75) is 13.5 Å². The summed E-state index contributed by atoms with van der Waals surface area (Å²) in [4.78, 5) is 29.5. The van der Waals surface area contributed by atoms with E-state index in [0.717, 1.165) is 12.3 Å². The van der Waals surface area contributed by atoms with Gasteiger partial charge in [-0.05, 0) is 6.07 Å². The van der Waals surface area contributed by atoms with Gasteiger partial charge in [0.2, 0.25) is 5.89 Å². The van der Waals surface area contributed by atoms with E-state index in [1.54, 1.807) is 6.92 Å². The van der Waals surface area contributed by atoms with Gasteiger partial charge in [-0.3, -0.25) is 14.9 Å². The van der Waals surface area contributed by atoms with Crippen molar-refractivity contribution < 1.29 is 14.2 Å². The molecule has 0 radical (unpaired) electrons. The molecule has 0 spiro atoms. The monoisotopic (exact) mass is 278 g/mol. The molecule has 0 aromatic carbocycles. The average molecular weight is 278 g/mol. The maximum absolute atomic E-state index is 11.9. The number of hydrogen-bond acceptors (Lipinski definition) is 8. The standard InChI is InChI=1S/C10H10N6O4/c1-5-14-9(15-20-5)4-13-10(17)6-2-8(11)12-3-7(6)16(18)19/h2-3H,4H2,1H3,(H2,11,12)(H,13,17). The Labute approximate surface area is 112 Å². The lowest BCUT2D eigenvalue weighted by Crippen LogP contribution is -2.24. The molecule has 1 amide bonds. The molecule has 0 aliphatic rings. The van der Waals surface area contributed by atoms with Gasteiger partial charge in [0, 0.05) is 6.92 Å². The first-order chi connectivity index (χ1) is 9.47. The van der Waals surface area contributed by atoms with Gasteiger partial charge in [-0.15, -0.1) is 0 Å². The Bertz CT molecular complexity index is 668. The van der Waals surface area contributed by atoms with Crippen molar-refractivity contribution in [1.82, 2.24) is 20.4 Å². The summed E-state index contributed by atoms with van der Waals surface area (Å²) in [5.74, 6) is -0.0432. The third-order valence-electron chi connectivity index (χ3n) is 2.32. The zero-order valence-corrected chi connectivity index (χ0v) is 10.4. The van der Waals surface area contributed by atoms with Crippen LogP contribution >= 0.6 is 0 Å². The van der Waals surface area contributed by atoms with Crippen molar-refractivity contribution in [2.75, 3.05) is 5.73 Å². The molecule has 0 aliphatic carbocycles. The molecule has 20 heavy (non-hydrogen) atoms. The first-order valence-electron chi connectivity index (χ1n) is 5.44. The second kappa shape index (κ2) is 5.30. The Balaban J connectivity index is 2.16. The van der Waals surface area contributed by atoms with Gasteiger partial charge in [0.25, 0.3) is 11.6 Å². The summed E-state index contributed by atoms with van der Waals surface area (Å²) in [6, 6.07) is 1.13. The van der Waals surface area contributed by atoms with Crippen LogP contribution in [0.4, 0.5) is 11.5 Å². The Kier molecular flexibility index (Phi) is 3.55. The normalized spacial score (nSPS) is 10.2. The highest BCUT2D eigenvalue weighted by Crippen LogP contribution is 2.18. The first kappa shape index (κ1) is 13.4. The van der Waals surface area contributed by atoms with Crippen LogP contribution < -0.4 is 11.1 Å². The number of nitrogens with two attached hydrogens (primary N) is 1. The molecular formula is C10H10N6O4. The smallest absolute Gasteiger partial charge is 0.300 e. The summed E-state index contributed by atoms with van der Waals surface area (Å²) in [5, 5.41) is 16.8. The largest absolute Gasteiger partial charge is 0.384 e. The third-order valence-corrected chi connectivity index (χ3v) is 2.32. The van der Waals surface area contributed by atoms with Gasteiger partial charge in [0.15, 0.2) is 5.82 Å². The summed E-state index contributed by atoms with van der Waals surface area (Å²) < 4.78 is 4.73. The molecule has 2 aromatic rings. The van der Waals surface area contributed by atoms with Gasteiger partial charge >= 0.3 is 0 Å². The van der Waals surface area contributed by atoms with Gasteiger partial charge in [-0.25, -0.2) is 4.98 Å². The number of aryl methyl sites for hydroxylation is 1. The molecule has 2 heterocycles. The molecule has 3 N–H and O–H groups in total. The average Bonchev–Trinajstić information content (AvgIpc) is 2.81. The molecule has 0 saturated carbocycles. The number of nitro groups is 1. The lowest BCUT2D eigenvalue weighted by Gasteiger charge is -2.04. The van der Waals surface area contributed by atoms with E-state index in [1.165, 1.54) is 0 Å². The van der Waals surface area contributed by atoms with Gasteiger partial charge in [0.05, 0.1) is 11.5 Å². The Hall–Kier alpha value is -3.04. The summed E-state index contributed by atoms with van der Waals surface area (Å²) in [6.07, 6.45) is 0.933. The molecule has 10 heteroatoms. The van der Waals surface area contributed by atoms with Crippen molar-refractivity contribution >= 4 is 17.4 Å². The molecular weight excluding hydrogens is 268 g/mol. The molecule has 0 fully saturated rings. The van der Waals surface area contributed by atoms with Crippen molar-refractivity contribution in [3.63, 3.8) is 0 Å². The van der Waals surface area contributed by atoms with Crippen molar-refractivity contribution in [3.05, 3.63) is 39.7 Å². The van der Waals surface area contributed by atoms with Crippen LogP contribution in [-0.4, -0.2) is 26.0 Å². The number of nitrogen functional groups attached to an aromatic ring is 1. The Morgan fingerprint density at radius 2 is 2.35 bits per heavy atom. The number of rotatable bonds is 4. The highest BCUT2D eigenvalue weighted by atomic mass is 16.6. The topological polar surface area (TPSA) is 150 Å². The fraction of sp³-hybridized carbons (Fsp3) is 0.200. The van der Waals surface area contributed by atoms with Gasteiger partial charge in [-0.1, -0.05) is 5.16 Å². The zero-order valence-electron chi connectivity index (χ0n) is 10.4. The van der Waals surface area contributed by atoms with Crippen molar-refractivity contribution in [2.24, 2.45) is 0 Å². The van der Waals surface area contributed by atoms with E-state index in [2.05, 4.69) is 20.4 Å². The van der Waals surface area contributed by atoms with E-state index in [1.807, 2.05) is 0 Å². The summed E-state index contributed by atoms with van der Waals surface area (Å²) >= 11 is 0. The number of carbonyl (C=O) groups is 1. The molecule has 10 nitrogen and oxygen atoms in total. The first-order valence-corrected chi connectivity index (χ1v) is 5.44. The van der Waals surface area contributed by atoms with E-state index >= 15 is 0 Å². The van der Waals surface area contributed by atoms with Gasteiger partial charge in [0.1, 0.15) is 17.6 Å². The van der Waals surface area contributed by atoms with E-state index in [-0.39, 0.29) is 23.8 Å². The molecule has 0 saturated heterocycles. The van der Waals surface area contributed by atoms with Crippen LogP contribution in [0.3, 0.4) is 0 Å². The maximum atomic E-state index is 11.9. The minimum atomic E-state index is -0.708. The van der Waals surface area contributed by atoms with Crippen molar-refractivity contribution in [3.8, 4) is 0 Å². The van der Waals surface area contributed by atoms with E-state index in [4.69, 9.17) is 10.3 Å². The number of aromatic nitrogens is 3. The molecule has 2 aromatic heterocycles. The minimum absolute atomic E-state index is 0.0103. The molecule has 0 atom stereocenters. The fourth-order valence-electron chi connectivity index (χ4n) is 1.46. The summed E-state index contributed by atoms with van der Waals surface area (Å²) in [6.45, 7) is 1.59. The zero-order chi connectivity index (χ0) is 14.7.